The van der Waals surface area contributed by atoms with Crippen molar-refractivity contribution in [2.24, 2.45) is 0 Å². The van der Waals surface area contributed by atoms with Gasteiger partial charge in [0.2, 0.25) is 5.79 Å². The molecule has 3 aliphatic heterocycles. The van der Waals surface area contributed by atoms with Crippen LogP contribution in [0, 0.1) is 0 Å². The number of carbonyl (C=O) groups excluding carboxylic acids is 1. The molecule has 1 unspecified atom stereocenters. The molecular formula is C24H29NO8. The normalized spacial score (nSPS) is 37.2. The minimum atomic E-state index is -1.80. The highest BCUT2D eigenvalue weighted by molar-refractivity contribution is 6.00. The third-order valence-corrected chi connectivity index (χ3v) is 6.75. The Balaban J connectivity index is 1.40. The summed E-state index contributed by atoms with van der Waals surface area (Å²) in [6, 6.07) is 13.3. The Morgan fingerprint density at radius 2 is 1.79 bits per heavy atom. The number of benzene rings is 2. The molecule has 33 heavy (non-hydrogen) atoms. The summed E-state index contributed by atoms with van der Waals surface area (Å²) >= 11 is 0. The summed E-state index contributed by atoms with van der Waals surface area (Å²) in [7, 11) is 1.44. The topological polar surface area (TPSA) is 108 Å². The van der Waals surface area contributed by atoms with E-state index in [2.05, 4.69) is 5.32 Å². The van der Waals surface area contributed by atoms with E-state index in [4.69, 9.17) is 28.4 Å². The number of hydrogen-bond donors (Lipinski definition) is 2. The molecule has 0 aliphatic carbocycles. The number of nitrogens with one attached hydrogen (secondary N) is 1. The number of carbonyl (C=O) groups is 1. The van der Waals surface area contributed by atoms with Crippen LogP contribution in [0.1, 0.15) is 20.8 Å². The van der Waals surface area contributed by atoms with Gasteiger partial charge in [0.1, 0.15) is 18.3 Å². The van der Waals surface area contributed by atoms with E-state index in [0.717, 1.165) is 10.8 Å². The molecule has 0 saturated carbocycles. The fraction of sp³-hybridized carbons (Fsp3) is 0.542. The molecule has 5 atom stereocenters. The summed E-state index contributed by atoms with van der Waals surface area (Å²) in [6.07, 6.45) is -2.60. The molecule has 3 saturated heterocycles. The van der Waals surface area contributed by atoms with E-state index in [1.165, 1.54) is 7.11 Å². The van der Waals surface area contributed by atoms with Gasteiger partial charge in [-0.2, -0.15) is 0 Å². The molecule has 178 valence electrons. The van der Waals surface area contributed by atoms with Gasteiger partial charge in [-0.25, -0.2) is 4.79 Å². The number of methoxy groups -OCH3 is 1. The zero-order valence-corrected chi connectivity index (χ0v) is 19.1. The van der Waals surface area contributed by atoms with Crippen LogP contribution >= 0.6 is 0 Å². The van der Waals surface area contributed by atoms with E-state index in [9.17, 15) is 9.90 Å². The van der Waals surface area contributed by atoms with Crippen LogP contribution in [0.2, 0.25) is 0 Å². The van der Waals surface area contributed by atoms with Crippen molar-refractivity contribution in [3.8, 4) is 0 Å². The van der Waals surface area contributed by atoms with Gasteiger partial charge >= 0.3 is 6.09 Å². The molecule has 2 aromatic rings. The smallest absolute Gasteiger partial charge is 0.412 e. The Bertz CT molecular complexity index is 1060. The largest absolute Gasteiger partial charge is 0.441 e. The van der Waals surface area contributed by atoms with Gasteiger partial charge in [0.15, 0.2) is 17.5 Å². The first kappa shape index (κ1) is 22.5. The molecule has 5 rings (SSSR count). The van der Waals surface area contributed by atoms with Gasteiger partial charge in [-0.15, -0.1) is 0 Å². The molecule has 3 aliphatic rings. The van der Waals surface area contributed by atoms with Crippen molar-refractivity contribution in [3.05, 3.63) is 42.5 Å². The summed E-state index contributed by atoms with van der Waals surface area (Å²) in [4.78, 5) is 12.9. The van der Waals surface area contributed by atoms with Crippen molar-refractivity contribution in [2.45, 2.75) is 55.8 Å². The van der Waals surface area contributed by atoms with E-state index < -0.39 is 41.1 Å². The second-order valence-corrected chi connectivity index (χ2v) is 9.39. The molecule has 0 bridgehead atoms. The van der Waals surface area contributed by atoms with Crippen molar-refractivity contribution in [2.75, 3.05) is 32.2 Å². The number of aliphatic hydroxyl groups is 1. The number of ether oxygens (including phenoxy) is 6. The second kappa shape index (κ2) is 7.63. The lowest BCUT2D eigenvalue weighted by Crippen LogP contribution is -2.77. The fourth-order valence-corrected chi connectivity index (χ4v) is 4.95. The highest BCUT2D eigenvalue weighted by atomic mass is 16.8. The lowest BCUT2D eigenvalue weighted by molar-refractivity contribution is -0.391. The summed E-state index contributed by atoms with van der Waals surface area (Å²) in [5, 5.41) is 16.7. The predicted molar refractivity (Wildman–Crippen MR) is 118 cm³/mol. The Kier molecular flexibility index (Phi) is 5.20. The zero-order valence-electron chi connectivity index (χ0n) is 19.1. The molecule has 2 aromatic carbocycles. The van der Waals surface area contributed by atoms with Gasteiger partial charge in [0.05, 0.1) is 18.9 Å². The summed E-state index contributed by atoms with van der Waals surface area (Å²) in [5.41, 5.74) is -2.21. The number of hydrogen-bond acceptors (Lipinski definition) is 8. The summed E-state index contributed by atoms with van der Waals surface area (Å²) in [6.45, 7) is 5.42. The molecule has 3 fully saturated rings. The number of rotatable bonds is 4. The minimum Gasteiger partial charge on any atom is -0.441 e. The van der Waals surface area contributed by atoms with Crippen LogP contribution in [0.3, 0.4) is 0 Å². The van der Waals surface area contributed by atoms with Crippen molar-refractivity contribution >= 4 is 22.6 Å². The maximum Gasteiger partial charge on any atom is 0.412 e. The van der Waals surface area contributed by atoms with Crippen LogP contribution in [0.5, 0.6) is 0 Å². The van der Waals surface area contributed by atoms with Crippen LogP contribution in [0.4, 0.5) is 10.5 Å². The third kappa shape index (κ3) is 3.51. The van der Waals surface area contributed by atoms with Crippen LogP contribution in [-0.4, -0.2) is 73.1 Å². The maximum absolute atomic E-state index is 12.9. The van der Waals surface area contributed by atoms with Crippen LogP contribution < -0.4 is 5.32 Å². The molecular weight excluding hydrogens is 430 g/mol. The number of epoxide rings is 1. The van der Waals surface area contributed by atoms with E-state index in [1.54, 1.807) is 26.8 Å². The third-order valence-electron chi connectivity index (χ3n) is 6.75. The van der Waals surface area contributed by atoms with Gasteiger partial charge in [0, 0.05) is 12.5 Å². The van der Waals surface area contributed by atoms with E-state index >= 15 is 0 Å². The zero-order chi connectivity index (χ0) is 23.5. The van der Waals surface area contributed by atoms with Crippen molar-refractivity contribution in [1.82, 2.24) is 0 Å². The fourth-order valence-electron chi connectivity index (χ4n) is 4.95. The average Bonchev–Trinajstić information content (AvgIpc) is 3.46. The minimum absolute atomic E-state index is 0.0236. The first-order valence-electron chi connectivity index (χ1n) is 11.0. The van der Waals surface area contributed by atoms with E-state index in [0.29, 0.717) is 5.69 Å². The molecule has 0 radical (unpaired) electrons. The predicted octanol–water partition coefficient (Wildman–Crippen LogP) is 2.80. The monoisotopic (exact) mass is 459 g/mol. The lowest BCUT2D eigenvalue weighted by atomic mass is 9.73. The Morgan fingerprint density at radius 1 is 1.06 bits per heavy atom. The molecule has 1 spiro atoms. The van der Waals surface area contributed by atoms with Crippen molar-refractivity contribution in [3.63, 3.8) is 0 Å². The molecule has 0 aromatic heterocycles. The van der Waals surface area contributed by atoms with Gasteiger partial charge in [-0.3, -0.25) is 5.32 Å². The first-order valence-corrected chi connectivity index (χ1v) is 11.0. The Labute approximate surface area is 191 Å². The maximum atomic E-state index is 12.9. The van der Waals surface area contributed by atoms with Gasteiger partial charge < -0.3 is 33.5 Å². The van der Waals surface area contributed by atoms with Gasteiger partial charge in [-0.05, 0) is 32.2 Å². The standard InChI is InChI=1S/C24H29NO8/c1-21(2)30-14-23(33-21)24(27,22(3)13-31-22)19(28-4)18(12-29-23)32-20(26)25-17-11-7-9-15-8-5-6-10-16(15)17/h5-11,18-19,27H,12-14H2,1-4H3,(H,25,26)/t18-,19-,22?,23+,24+/m1/s1. The lowest BCUT2D eigenvalue weighted by Gasteiger charge is -2.53. The van der Waals surface area contributed by atoms with Gasteiger partial charge in [0.25, 0.3) is 0 Å². The molecule has 9 heteroatoms. The summed E-state index contributed by atoms with van der Waals surface area (Å²) in [5.74, 6) is -2.51. The Hall–Kier alpha value is -2.27. The highest BCUT2D eigenvalue weighted by Gasteiger charge is 2.78. The first-order chi connectivity index (χ1) is 15.6. The average molecular weight is 459 g/mol. The SMILES string of the molecule is CO[C@@H]1[C@H](OC(=O)Nc2cccc3ccccc23)CO[C@]2(COC(C)(C)O2)[C@@]1(O)C1(C)CO1. The van der Waals surface area contributed by atoms with Gasteiger partial charge in [-0.1, -0.05) is 36.4 Å². The van der Waals surface area contributed by atoms with Crippen LogP contribution in [0.25, 0.3) is 10.8 Å². The number of fused-ring (bicyclic) bond motifs is 1. The van der Waals surface area contributed by atoms with E-state index in [1.807, 2.05) is 36.4 Å². The second-order valence-electron chi connectivity index (χ2n) is 9.39. The summed E-state index contributed by atoms with van der Waals surface area (Å²) < 4.78 is 34.9. The molecule has 3 heterocycles. The van der Waals surface area contributed by atoms with E-state index in [-0.39, 0.29) is 19.8 Å². The van der Waals surface area contributed by atoms with Crippen LogP contribution in [-0.2, 0) is 28.4 Å². The van der Waals surface area contributed by atoms with Crippen molar-refractivity contribution < 1.29 is 38.3 Å². The van der Waals surface area contributed by atoms with Crippen molar-refractivity contribution in [1.29, 1.82) is 0 Å². The molecule has 1 amide bonds. The van der Waals surface area contributed by atoms with Crippen LogP contribution in [0.15, 0.2) is 42.5 Å². The highest BCUT2D eigenvalue weighted by Crippen LogP contribution is 2.55. The number of anilines is 1. The quantitative estimate of drug-likeness (QED) is 0.672. The molecule has 2 N–H and O–H groups in total. The number of amides is 1. The Morgan fingerprint density at radius 3 is 2.45 bits per heavy atom. The molecule has 9 nitrogen and oxygen atoms in total.